The summed E-state index contributed by atoms with van der Waals surface area (Å²) >= 11 is 0. The van der Waals surface area contributed by atoms with Crippen LogP contribution in [-0.4, -0.2) is 0 Å². The van der Waals surface area contributed by atoms with Crippen LogP contribution in [0.5, 0.6) is 0 Å². The molecule has 0 saturated heterocycles. The minimum atomic E-state index is 0.557. The Morgan fingerprint density at radius 3 is 2.57 bits per heavy atom. The van der Waals surface area contributed by atoms with Gasteiger partial charge in [0, 0.05) is 11.8 Å². The molecule has 0 aromatic heterocycles. The molecule has 0 fully saturated rings. The first-order valence-electron chi connectivity index (χ1n) is 7.79. The summed E-state index contributed by atoms with van der Waals surface area (Å²) in [4.78, 5) is 0. The Balaban J connectivity index is 1.62. The molecule has 21 heavy (non-hydrogen) atoms. The lowest BCUT2D eigenvalue weighted by molar-refractivity contribution is 0.686. The summed E-state index contributed by atoms with van der Waals surface area (Å²) in [5.41, 5.74) is 8.59. The summed E-state index contributed by atoms with van der Waals surface area (Å²) < 4.78 is 0. The van der Waals surface area contributed by atoms with E-state index in [1.165, 1.54) is 39.8 Å². The summed E-state index contributed by atoms with van der Waals surface area (Å²) in [7, 11) is 0. The summed E-state index contributed by atoms with van der Waals surface area (Å²) in [5, 5.41) is 0. The molecule has 0 nitrogen and oxygen atoms in total. The largest absolute Gasteiger partial charge is 0.0763 e. The highest BCUT2D eigenvalue weighted by Crippen LogP contribution is 2.42. The second kappa shape index (κ2) is 4.73. The van der Waals surface area contributed by atoms with Gasteiger partial charge in [-0.15, -0.1) is 0 Å². The molecule has 0 saturated carbocycles. The molecule has 2 unspecified atom stereocenters. The van der Waals surface area contributed by atoms with Gasteiger partial charge in [0.2, 0.25) is 0 Å². The highest BCUT2D eigenvalue weighted by atomic mass is 14.3. The van der Waals surface area contributed by atoms with Crippen LogP contribution in [0.3, 0.4) is 0 Å². The first kappa shape index (κ1) is 12.6. The van der Waals surface area contributed by atoms with Crippen molar-refractivity contribution >= 4 is 12.2 Å². The molecule has 2 aromatic rings. The smallest absolute Gasteiger partial charge is 0.00361 e. The van der Waals surface area contributed by atoms with E-state index in [4.69, 9.17) is 0 Å². The van der Waals surface area contributed by atoms with E-state index in [1.54, 1.807) is 0 Å². The maximum absolute atomic E-state index is 2.39. The lowest BCUT2D eigenvalue weighted by Crippen LogP contribution is -2.01. The zero-order valence-corrected chi connectivity index (χ0v) is 12.6. The van der Waals surface area contributed by atoms with Crippen LogP contribution in [0.1, 0.15) is 51.6 Å². The standard InChI is InChI=1S/C21H20/c1-14-6-10-20-16(12-14)7-8-17(20)13-18-9-11-19-15(2)4-3-5-21(18)19/h3-12,17-18H,13H2,1-2H3. The zero-order valence-electron chi connectivity index (χ0n) is 12.6. The third-order valence-corrected chi connectivity index (χ3v) is 4.91. The van der Waals surface area contributed by atoms with Crippen molar-refractivity contribution in [2.24, 2.45) is 0 Å². The number of hydrogen-bond acceptors (Lipinski definition) is 0. The lowest BCUT2D eigenvalue weighted by atomic mass is 9.86. The van der Waals surface area contributed by atoms with Crippen molar-refractivity contribution in [3.8, 4) is 0 Å². The van der Waals surface area contributed by atoms with Gasteiger partial charge >= 0.3 is 0 Å². The van der Waals surface area contributed by atoms with E-state index < -0.39 is 0 Å². The second-order valence-electron chi connectivity index (χ2n) is 6.38. The molecular weight excluding hydrogens is 252 g/mol. The van der Waals surface area contributed by atoms with E-state index in [0.717, 1.165) is 0 Å². The maximum atomic E-state index is 2.39. The van der Waals surface area contributed by atoms with Crippen LogP contribution in [0.2, 0.25) is 0 Å². The van der Waals surface area contributed by atoms with E-state index in [1.807, 2.05) is 0 Å². The number of rotatable bonds is 2. The average Bonchev–Trinajstić information content (AvgIpc) is 3.05. The van der Waals surface area contributed by atoms with Crippen molar-refractivity contribution in [2.75, 3.05) is 0 Å². The average molecular weight is 272 g/mol. The van der Waals surface area contributed by atoms with Gasteiger partial charge in [-0.3, -0.25) is 0 Å². The molecule has 0 heterocycles. The normalized spacial score (nSPS) is 21.6. The molecule has 0 N–H and O–H groups in total. The van der Waals surface area contributed by atoms with Gasteiger partial charge < -0.3 is 0 Å². The van der Waals surface area contributed by atoms with Gasteiger partial charge in [-0.2, -0.15) is 0 Å². The van der Waals surface area contributed by atoms with E-state index in [-0.39, 0.29) is 0 Å². The Morgan fingerprint density at radius 1 is 0.857 bits per heavy atom. The third-order valence-electron chi connectivity index (χ3n) is 4.91. The van der Waals surface area contributed by atoms with Gasteiger partial charge in [-0.05, 0) is 48.1 Å². The van der Waals surface area contributed by atoms with Crippen molar-refractivity contribution in [3.63, 3.8) is 0 Å². The molecule has 4 rings (SSSR count). The Labute approximate surface area is 126 Å². The van der Waals surface area contributed by atoms with Crippen LogP contribution >= 0.6 is 0 Å². The monoisotopic (exact) mass is 272 g/mol. The molecule has 0 amide bonds. The molecule has 0 radical (unpaired) electrons. The minimum absolute atomic E-state index is 0.557. The van der Waals surface area contributed by atoms with Crippen molar-refractivity contribution < 1.29 is 0 Å². The molecule has 2 aromatic carbocycles. The first-order chi connectivity index (χ1) is 10.2. The Hall–Kier alpha value is -2.08. The fourth-order valence-electron chi connectivity index (χ4n) is 3.75. The van der Waals surface area contributed by atoms with E-state index in [0.29, 0.717) is 11.8 Å². The molecule has 104 valence electrons. The quantitative estimate of drug-likeness (QED) is 0.666. The summed E-state index contributed by atoms with van der Waals surface area (Å²) in [6.07, 6.45) is 10.6. The third kappa shape index (κ3) is 2.06. The van der Waals surface area contributed by atoms with E-state index in [9.17, 15) is 0 Å². The van der Waals surface area contributed by atoms with Gasteiger partial charge in [-0.25, -0.2) is 0 Å². The number of aryl methyl sites for hydroxylation is 2. The molecule has 0 heteroatoms. The van der Waals surface area contributed by atoms with Crippen molar-refractivity contribution in [1.29, 1.82) is 0 Å². The fraction of sp³-hybridized carbons (Fsp3) is 0.238. The molecule has 0 spiro atoms. The van der Waals surface area contributed by atoms with Crippen LogP contribution < -0.4 is 0 Å². The summed E-state index contributed by atoms with van der Waals surface area (Å²) in [6.45, 7) is 4.37. The van der Waals surface area contributed by atoms with Crippen LogP contribution in [0.15, 0.2) is 48.6 Å². The van der Waals surface area contributed by atoms with Gasteiger partial charge in [-0.1, -0.05) is 66.3 Å². The van der Waals surface area contributed by atoms with Crippen molar-refractivity contribution in [3.05, 3.63) is 81.9 Å². The topological polar surface area (TPSA) is 0 Å². The van der Waals surface area contributed by atoms with Crippen LogP contribution in [0.25, 0.3) is 12.2 Å². The zero-order chi connectivity index (χ0) is 14.4. The van der Waals surface area contributed by atoms with Crippen molar-refractivity contribution in [2.45, 2.75) is 32.1 Å². The highest BCUT2D eigenvalue weighted by molar-refractivity contribution is 5.67. The lowest BCUT2D eigenvalue weighted by Gasteiger charge is -2.17. The number of allylic oxidation sites excluding steroid dienone is 2. The number of benzene rings is 2. The molecule has 0 bridgehead atoms. The number of hydrogen-bond donors (Lipinski definition) is 0. The number of fused-ring (bicyclic) bond motifs is 2. The predicted molar refractivity (Wildman–Crippen MR) is 90.5 cm³/mol. The van der Waals surface area contributed by atoms with Crippen LogP contribution in [0.4, 0.5) is 0 Å². The van der Waals surface area contributed by atoms with Gasteiger partial charge in [0.25, 0.3) is 0 Å². The Morgan fingerprint density at radius 2 is 1.67 bits per heavy atom. The SMILES string of the molecule is Cc1ccc2c(c1)C=CC2CC1C=Cc2c(C)cccc21. The maximum Gasteiger partial charge on any atom is 0.00361 e. The van der Waals surface area contributed by atoms with E-state index in [2.05, 4.69) is 74.5 Å². The Bertz CT molecular complexity index is 762. The molecule has 0 aliphatic heterocycles. The van der Waals surface area contributed by atoms with Gasteiger partial charge in [0.15, 0.2) is 0 Å². The van der Waals surface area contributed by atoms with Gasteiger partial charge in [0.05, 0.1) is 0 Å². The minimum Gasteiger partial charge on any atom is -0.0763 e. The fourth-order valence-corrected chi connectivity index (χ4v) is 3.75. The summed E-state index contributed by atoms with van der Waals surface area (Å²) in [6, 6.07) is 13.5. The van der Waals surface area contributed by atoms with E-state index >= 15 is 0 Å². The highest BCUT2D eigenvalue weighted by Gasteiger charge is 2.24. The summed E-state index contributed by atoms with van der Waals surface area (Å²) in [5.74, 6) is 1.11. The Kier molecular flexibility index (Phi) is 2.85. The van der Waals surface area contributed by atoms with Gasteiger partial charge in [0.1, 0.15) is 0 Å². The predicted octanol–water partition coefficient (Wildman–Crippen LogP) is 5.61. The van der Waals surface area contributed by atoms with Crippen LogP contribution in [-0.2, 0) is 0 Å². The molecule has 2 aliphatic rings. The second-order valence-corrected chi connectivity index (χ2v) is 6.38. The molecule has 2 aliphatic carbocycles. The molecular formula is C21H20. The first-order valence-corrected chi connectivity index (χ1v) is 7.79. The molecule has 2 atom stereocenters. The van der Waals surface area contributed by atoms with Crippen molar-refractivity contribution in [1.82, 2.24) is 0 Å². The van der Waals surface area contributed by atoms with Crippen LogP contribution in [0, 0.1) is 13.8 Å².